The molecular weight excluding hydrogens is 298 g/mol. The Labute approximate surface area is 134 Å². The SMILES string of the molecule is O=S1(=O)CCC(CN=C(NCC2CC2)NC2CCCCC2)C1. The van der Waals surface area contributed by atoms with Gasteiger partial charge in [-0.05, 0) is 43.9 Å². The van der Waals surface area contributed by atoms with Crippen molar-refractivity contribution in [1.82, 2.24) is 10.6 Å². The summed E-state index contributed by atoms with van der Waals surface area (Å²) in [6.07, 6.45) is 9.81. The van der Waals surface area contributed by atoms with Crippen molar-refractivity contribution in [3.63, 3.8) is 0 Å². The predicted octanol–water partition coefficient (Wildman–Crippen LogP) is 1.70. The second-order valence-electron chi connectivity index (χ2n) is 7.26. The molecule has 0 aromatic rings. The highest BCUT2D eigenvalue weighted by atomic mass is 32.2. The Kier molecular flexibility index (Phi) is 5.26. The van der Waals surface area contributed by atoms with Gasteiger partial charge in [0.05, 0.1) is 11.5 Å². The minimum atomic E-state index is -2.80. The summed E-state index contributed by atoms with van der Waals surface area (Å²) in [5.74, 6) is 2.58. The first kappa shape index (κ1) is 16.1. The van der Waals surface area contributed by atoms with E-state index in [9.17, 15) is 8.42 Å². The fourth-order valence-electron chi connectivity index (χ4n) is 3.39. The molecule has 0 aromatic carbocycles. The zero-order valence-electron chi connectivity index (χ0n) is 13.4. The van der Waals surface area contributed by atoms with E-state index in [1.165, 1.54) is 44.9 Å². The topological polar surface area (TPSA) is 70.6 Å². The first-order chi connectivity index (χ1) is 10.6. The Hall–Kier alpha value is -0.780. The molecule has 0 amide bonds. The summed E-state index contributed by atoms with van der Waals surface area (Å²) in [6, 6.07) is 0.534. The fraction of sp³-hybridized carbons (Fsp3) is 0.938. The number of hydrogen-bond donors (Lipinski definition) is 2. The van der Waals surface area contributed by atoms with Crippen molar-refractivity contribution in [2.45, 2.75) is 57.4 Å². The van der Waals surface area contributed by atoms with E-state index in [0.29, 0.717) is 24.1 Å². The molecule has 1 saturated heterocycles. The largest absolute Gasteiger partial charge is 0.356 e. The van der Waals surface area contributed by atoms with Crippen molar-refractivity contribution < 1.29 is 8.42 Å². The quantitative estimate of drug-likeness (QED) is 0.595. The molecule has 1 aliphatic heterocycles. The molecule has 3 aliphatic rings. The zero-order chi connectivity index (χ0) is 15.4. The Bertz CT molecular complexity index is 494. The van der Waals surface area contributed by atoms with Gasteiger partial charge in [0.25, 0.3) is 0 Å². The lowest BCUT2D eigenvalue weighted by molar-refractivity contribution is 0.409. The lowest BCUT2D eigenvalue weighted by atomic mass is 9.96. The number of aliphatic imine (C=N–C) groups is 1. The Morgan fingerprint density at radius 2 is 1.77 bits per heavy atom. The van der Waals surface area contributed by atoms with Crippen LogP contribution < -0.4 is 10.6 Å². The van der Waals surface area contributed by atoms with E-state index < -0.39 is 9.84 Å². The molecule has 3 rings (SSSR count). The normalized spacial score (nSPS) is 29.5. The smallest absolute Gasteiger partial charge is 0.191 e. The molecule has 6 heteroatoms. The van der Waals surface area contributed by atoms with Crippen molar-refractivity contribution in [3.05, 3.63) is 0 Å². The molecule has 1 unspecified atom stereocenters. The highest BCUT2D eigenvalue weighted by Crippen LogP contribution is 2.27. The predicted molar refractivity (Wildman–Crippen MR) is 89.8 cm³/mol. The van der Waals surface area contributed by atoms with E-state index in [2.05, 4.69) is 10.6 Å². The number of sulfone groups is 1. The second-order valence-corrected chi connectivity index (χ2v) is 9.49. The van der Waals surface area contributed by atoms with Crippen LogP contribution in [0.15, 0.2) is 4.99 Å². The maximum absolute atomic E-state index is 11.5. The molecule has 2 aliphatic carbocycles. The van der Waals surface area contributed by atoms with Crippen molar-refractivity contribution in [2.75, 3.05) is 24.6 Å². The van der Waals surface area contributed by atoms with Gasteiger partial charge in [-0.15, -0.1) is 0 Å². The molecule has 5 nitrogen and oxygen atoms in total. The molecule has 1 atom stereocenters. The van der Waals surface area contributed by atoms with E-state index in [1.54, 1.807) is 0 Å². The highest BCUT2D eigenvalue weighted by Gasteiger charge is 2.28. The van der Waals surface area contributed by atoms with Crippen LogP contribution in [0.4, 0.5) is 0 Å². The van der Waals surface area contributed by atoms with Gasteiger partial charge in [-0.3, -0.25) is 4.99 Å². The van der Waals surface area contributed by atoms with Crippen LogP contribution in [0, 0.1) is 11.8 Å². The molecule has 0 aromatic heterocycles. The van der Waals surface area contributed by atoms with Crippen LogP contribution in [0.5, 0.6) is 0 Å². The molecule has 1 heterocycles. The lowest BCUT2D eigenvalue weighted by Crippen LogP contribution is -2.45. The molecule has 0 bridgehead atoms. The third-order valence-electron chi connectivity index (χ3n) is 5.04. The Morgan fingerprint density at radius 3 is 2.41 bits per heavy atom. The summed E-state index contributed by atoms with van der Waals surface area (Å²) in [7, 11) is -2.80. The van der Waals surface area contributed by atoms with E-state index in [-0.39, 0.29) is 5.92 Å². The molecule has 0 spiro atoms. The number of nitrogens with zero attached hydrogens (tertiary/aromatic N) is 1. The maximum atomic E-state index is 11.5. The molecule has 2 N–H and O–H groups in total. The molecule has 126 valence electrons. The van der Waals surface area contributed by atoms with Crippen LogP contribution in [-0.2, 0) is 9.84 Å². The van der Waals surface area contributed by atoms with Crippen LogP contribution in [0.25, 0.3) is 0 Å². The van der Waals surface area contributed by atoms with Gasteiger partial charge in [-0.1, -0.05) is 19.3 Å². The summed E-state index contributed by atoms with van der Waals surface area (Å²) in [4.78, 5) is 4.70. The number of hydrogen-bond acceptors (Lipinski definition) is 3. The average molecular weight is 327 g/mol. The zero-order valence-corrected chi connectivity index (χ0v) is 14.2. The van der Waals surface area contributed by atoms with E-state index in [4.69, 9.17) is 4.99 Å². The van der Waals surface area contributed by atoms with E-state index in [1.807, 2.05) is 0 Å². The third-order valence-corrected chi connectivity index (χ3v) is 6.87. The van der Waals surface area contributed by atoms with E-state index >= 15 is 0 Å². The van der Waals surface area contributed by atoms with Gasteiger partial charge >= 0.3 is 0 Å². The monoisotopic (exact) mass is 327 g/mol. The van der Waals surface area contributed by atoms with Crippen LogP contribution in [-0.4, -0.2) is 45.0 Å². The molecule has 22 heavy (non-hydrogen) atoms. The number of nitrogens with one attached hydrogen (secondary N) is 2. The summed E-state index contributed by atoms with van der Waals surface area (Å²) < 4.78 is 23.1. The standard InChI is InChI=1S/C16H29N3O2S/c20-22(21)9-8-14(12-22)11-18-16(17-10-13-6-7-13)19-15-4-2-1-3-5-15/h13-15H,1-12H2,(H2,17,18,19). The molecule has 2 saturated carbocycles. The molecular formula is C16H29N3O2S. The summed E-state index contributed by atoms with van der Waals surface area (Å²) in [5, 5.41) is 7.04. The first-order valence-electron chi connectivity index (χ1n) is 8.86. The molecule has 3 fully saturated rings. The van der Waals surface area contributed by atoms with Crippen LogP contribution in [0.3, 0.4) is 0 Å². The van der Waals surface area contributed by atoms with Crippen molar-refractivity contribution in [1.29, 1.82) is 0 Å². The van der Waals surface area contributed by atoms with Crippen molar-refractivity contribution >= 4 is 15.8 Å². The maximum Gasteiger partial charge on any atom is 0.191 e. The van der Waals surface area contributed by atoms with Crippen molar-refractivity contribution in [2.24, 2.45) is 16.8 Å². The van der Waals surface area contributed by atoms with E-state index in [0.717, 1.165) is 24.8 Å². The summed E-state index contributed by atoms with van der Waals surface area (Å²) in [5.41, 5.74) is 0. The highest BCUT2D eigenvalue weighted by molar-refractivity contribution is 7.91. The van der Waals surface area contributed by atoms with Gasteiger partial charge < -0.3 is 10.6 Å². The summed E-state index contributed by atoms with van der Waals surface area (Å²) in [6.45, 7) is 1.63. The van der Waals surface area contributed by atoms with Gasteiger partial charge in [-0.25, -0.2) is 8.42 Å². The Balaban J connectivity index is 1.52. The first-order valence-corrected chi connectivity index (χ1v) is 10.7. The number of guanidine groups is 1. The van der Waals surface area contributed by atoms with Crippen LogP contribution >= 0.6 is 0 Å². The van der Waals surface area contributed by atoms with Gasteiger partial charge in [0.1, 0.15) is 0 Å². The fourth-order valence-corrected chi connectivity index (χ4v) is 5.24. The average Bonchev–Trinajstić information content (AvgIpc) is 3.26. The lowest BCUT2D eigenvalue weighted by Gasteiger charge is -2.25. The van der Waals surface area contributed by atoms with Gasteiger partial charge in [0.2, 0.25) is 0 Å². The minimum absolute atomic E-state index is 0.205. The van der Waals surface area contributed by atoms with Gasteiger partial charge in [-0.2, -0.15) is 0 Å². The number of rotatable bonds is 5. The second kappa shape index (κ2) is 7.20. The van der Waals surface area contributed by atoms with Gasteiger partial charge in [0.15, 0.2) is 15.8 Å². The van der Waals surface area contributed by atoms with Crippen molar-refractivity contribution in [3.8, 4) is 0 Å². The van der Waals surface area contributed by atoms with Crippen LogP contribution in [0.2, 0.25) is 0 Å². The van der Waals surface area contributed by atoms with Crippen LogP contribution in [0.1, 0.15) is 51.4 Å². The summed E-state index contributed by atoms with van der Waals surface area (Å²) >= 11 is 0. The molecule has 0 radical (unpaired) electrons. The Morgan fingerprint density at radius 1 is 1.00 bits per heavy atom. The third kappa shape index (κ3) is 5.14. The van der Waals surface area contributed by atoms with Gasteiger partial charge in [0, 0.05) is 19.1 Å². The minimum Gasteiger partial charge on any atom is -0.356 e.